The molecule has 0 bridgehead atoms. The number of unbranched alkanes of at least 4 members (excludes halogenated alkanes) is 3. The standard InChI is InChI=1S/C14H20N4S/c1-3-4-5-6-7-11-9-19-14(18-11)12-8-16-10(2)17-13(12)15/h8-9H,3-7H2,1-2H3,(H2,15,16,17). The molecule has 19 heavy (non-hydrogen) atoms. The molecule has 2 rings (SSSR count). The van der Waals surface area contributed by atoms with Gasteiger partial charge in [0.15, 0.2) is 0 Å². The molecule has 0 spiro atoms. The van der Waals surface area contributed by atoms with Crippen LogP contribution in [-0.4, -0.2) is 15.0 Å². The first-order valence-corrected chi connectivity index (χ1v) is 7.62. The highest BCUT2D eigenvalue weighted by Crippen LogP contribution is 2.27. The number of hydrogen-bond acceptors (Lipinski definition) is 5. The van der Waals surface area contributed by atoms with Crippen LogP contribution in [0.15, 0.2) is 11.6 Å². The molecule has 0 radical (unpaired) electrons. The Bertz CT molecular complexity index is 536. The van der Waals surface area contributed by atoms with Gasteiger partial charge in [-0.25, -0.2) is 15.0 Å². The predicted octanol–water partition coefficient (Wildman–Crippen LogP) is 3.61. The quantitative estimate of drug-likeness (QED) is 0.818. The zero-order valence-corrected chi connectivity index (χ0v) is 12.3. The summed E-state index contributed by atoms with van der Waals surface area (Å²) in [5, 5.41) is 3.03. The highest BCUT2D eigenvalue weighted by atomic mass is 32.1. The number of nitrogens with two attached hydrogens (primary N) is 1. The Kier molecular flexibility index (Phi) is 4.85. The van der Waals surface area contributed by atoms with Crippen LogP contribution < -0.4 is 5.73 Å². The van der Waals surface area contributed by atoms with E-state index in [9.17, 15) is 0 Å². The fraction of sp³-hybridized carbons (Fsp3) is 0.500. The van der Waals surface area contributed by atoms with Gasteiger partial charge in [0.1, 0.15) is 16.6 Å². The van der Waals surface area contributed by atoms with E-state index in [2.05, 4.69) is 27.3 Å². The third-order valence-electron chi connectivity index (χ3n) is 3.01. The second-order valence-electron chi connectivity index (χ2n) is 4.67. The van der Waals surface area contributed by atoms with E-state index < -0.39 is 0 Å². The first-order chi connectivity index (χ1) is 9.20. The Balaban J connectivity index is 2.04. The van der Waals surface area contributed by atoms with Crippen LogP contribution in [0.5, 0.6) is 0 Å². The number of aryl methyl sites for hydroxylation is 2. The Morgan fingerprint density at radius 3 is 2.79 bits per heavy atom. The first-order valence-electron chi connectivity index (χ1n) is 6.74. The van der Waals surface area contributed by atoms with E-state index in [4.69, 9.17) is 5.73 Å². The van der Waals surface area contributed by atoms with Crippen LogP contribution in [0.3, 0.4) is 0 Å². The average molecular weight is 276 g/mol. The van der Waals surface area contributed by atoms with Gasteiger partial charge in [-0.15, -0.1) is 11.3 Å². The van der Waals surface area contributed by atoms with Crippen LogP contribution in [0.1, 0.15) is 44.1 Å². The monoisotopic (exact) mass is 276 g/mol. The van der Waals surface area contributed by atoms with Crippen LogP contribution in [0.2, 0.25) is 0 Å². The highest BCUT2D eigenvalue weighted by Gasteiger charge is 2.09. The normalized spacial score (nSPS) is 10.8. The van der Waals surface area contributed by atoms with Gasteiger partial charge >= 0.3 is 0 Å². The number of nitrogens with zero attached hydrogens (tertiary/aromatic N) is 3. The van der Waals surface area contributed by atoms with E-state index in [0.717, 1.165) is 22.7 Å². The van der Waals surface area contributed by atoms with Crippen LogP contribution in [-0.2, 0) is 6.42 Å². The smallest absolute Gasteiger partial charge is 0.137 e. The summed E-state index contributed by atoms with van der Waals surface area (Å²) in [6.45, 7) is 4.06. The Morgan fingerprint density at radius 2 is 2.05 bits per heavy atom. The summed E-state index contributed by atoms with van der Waals surface area (Å²) in [4.78, 5) is 13.0. The van der Waals surface area contributed by atoms with E-state index >= 15 is 0 Å². The summed E-state index contributed by atoms with van der Waals surface area (Å²) in [5.41, 5.74) is 7.91. The van der Waals surface area contributed by atoms with Crippen LogP contribution in [0.4, 0.5) is 5.82 Å². The van der Waals surface area contributed by atoms with E-state index in [0.29, 0.717) is 11.6 Å². The lowest BCUT2D eigenvalue weighted by molar-refractivity contribution is 0.662. The molecule has 4 nitrogen and oxygen atoms in total. The van der Waals surface area contributed by atoms with Gasteiger partial charge in [-0.1, -0.05) is 26.2 Å². The van der Waals surface area contributed by atoms with Gasteiger partial charge < -0.3 is 5.73 Å². The molecule has 2 heterocycles. The molecule has 0 saturated carbocycles. The molecule has 0 fully saturated rings. The van der Waals surface area contributed by atoms with Crippen molar-refractivity contribution in [1.29, 1.82) is 0 Å². The lowest BCUT2D eigenvalue weighted by Crippen LogP contribution is -1.98. The van der Waals surface area contributed by atoms with Gasteiger partial charge in [0.05, 0.1) is 11.3 Å². The van der Waals surface area contributed by atoms with Crippen LogP contribution >= 0.6 is 11.3 Å². The maximum absolute atomic E-state index is 5.92. The minimum Gasteiger partial charge on any atom is -0.383 e. The molecule has 0 atom stereocenters. The summed E-state index contributed by atoms with van der Waals surface area (Å²) in [5.74, 6) is 1.21. The molecule has 0 aliphatic heterocycles. The predicted molar refractivity (Wildman–Crippen MR) is 80.1 cm³/mol. The minimum atomic E-state index is 0.513. The third-order valence-corrected chi connectivity index (χ3v) is 3.93. The van der Waals surface area contributed by atoms with Gasteiger partial charge in [0.2, 0.25) is 0 Å². The summed E-state index contributed by atoms with van der Waals surface area (Å²) < 4.78 is 0. The molecule has 0 unspecified atom stereocenters. The maximum atomic E-state index is 5.92. The average Bonchev–Trinajstić information content (AvgIpc) is 2.83. The number of hydrogen-bond donors (Lipinski definition) is 1. The number of nitrogen functional groups attached to an aromatic ring is 1. The number of thiazole rings is 1. The van der Waals surface area contributed by atoms with Crippen molar-refractivity contribution in [2.45, 2.75) is 46.0 Å². The minimum absolute atomic E-state index is 0.513. The van der Waals surface area contributed by atoms with Crippen molar-refractivity contribution in [3.63, 3.8) is 0 Å². The summed E-state index contributed by atoms with van der Waals surface area (Å²) in [6, 6.07) is 0. The van der Waals surface area contributed by atoms with Crippen molar-refractivity contribution in [1.82, 2.24) is 15.0 Å². The zero-order chi connectivity index (χ0) is 13.7. The Labute approximate surface area is 118 Å². The molecule has 0 aromatic carbocycles. The molecule has 2 aromatic heterocycles. The van der Waals surface area contributed by atoms with Crippen LogP contribution in [0.25, 0.3) is 10.6 Å². The van der Waals surface area contributed by atoms with Gasteiger partial charge in [0.25, 0.3) is 0 Å². The molecule has 0 saturated heterocycles. The van der Waals surface area contributed by atoms with Crippen molar-refractivity contribution >= 4 is 17.2 Å². The van der Waals surface area contributed by atoms with Gasteiger partial charge in [0, 0.05) is 11.6 Å². The fourth-order valence-electron chi connectivity index (χ4n) is 1.93. The Morgan fingerprint density at radius 1 is 1.21 bits per heavy atom. The van der Waals surface area contributed by atoms with Crippen molar-refractivity contribution in [2.24, 2.45) is 0 Å². The molecular formula is C14H20N4S. The third kappa shape index (κ3) is 3.73. The molecule has 102 valence electrons. The van der Waals surface area contributed by atoms with Gasteiger partial charge in [-0.05, 0) is 19.8 Å². The SMILES string of the molecule is CCCCCCc1csc(-c2cnc(C)nc2N)n1. The number of anilines is 1. The first kappa shape index (κ1) is 13.9. The molecule has 2 N–H and O–H groups in total. The molecular weight excluding hydrogens is 256 g/mol. The van der Waals surface area contributed by atoms with Crippen molar-refractivity contribution in [3.8, 4) is 10.6 Å². The fourth-order valence-corrected chi connectivity index (χ4v) is 2.80. The summed E-state index contributed by atoms with van der Waals surface area (Å²) in [6.07, 6.45) is 7.85. The topological polar surface area (TPSA) is 64.7 Å². The highest BCUT2D eigenvalue weighted by molar-refractivity contribution is 7.13. The van der Waals surface area contributed by atoms with Crippen molar-refractivity contribution in [3.05, 3.63) is 23.1 Å². The molecule has 2 aromatic rings. The van der Waals surface area contributed by atoms with E-state index in [-0.39, 0.29) is 0 Å². The lowest BCUT2D eigenvalue weighted by atomic mass is 10.1. The molecule has 0 aliphatic carbocycles. The molecule has 0 aliphatic rings. The summed E-state index contributed by atoms with van der Waals surface area (Å²) in [7, 11) is 0. The van der Waals surface area contributed by atoms with Gasteiger partial charge in [-0.2, -0.15) is 0 Å². The lowest BCUT2D eigenvalue weighted by Gasteiger charge is -2.01. The number of rotatable bonds is 6. The number of aromatic nitrogens is 3. The van der Waals surface area contributed by atoms with E-state index in [1.54, 1.807) is 17.5 Å². The van der Waals surface area contributed by atoms with Crippen LogP contribution in [0, 0.1) is 6.92 Å². The summed E-state index contributed by atoms with van der Waals surface area (Å²) >= 11 is 1.62. The molecule has 5 heteroatoms. The second kappa shape index (κ2) is 6.61. The van der Waals surface area contributed by atoms with Crippen molar-refractivity contribution < 1.29 is 0 Å². The van der Waals surface area contributed by atoms with E-state index in [1.165, 1.54) is 25.7 Å². The van der Waals surface area contributed by atoms with E-state index in [1.807, 2.05) is 6.92 Å². The largest absolute Gasteiger partial charge is 0.383 e. The zero-order valence-electron chi connectivity index (χ0n) is 11.5. The van der Waals surface area contributed by atoms with Gasteiger partial charge in [-0.3, -0.25) is 0 Å². The second-order valence-corrected chi connectivity index (χ2v) is 5.53. The maximum Gasteiger partial charge on any atom is 0.137 e. The Hall–Kier alpha value is -1.49. The molecule has 0 amide bonds. The van der Waals surface area contributed by atoms with Crippen molar-refractivity contribution in [2.75, 3.05) is 5.73 Å².